The molecular weight excluding hydrogens is 494 g/mol. The van der Waals surface area contributed by atoms with Crippen LogP contribution in [0.2, 0.25) is 0 Å². The molecule has 0 aliphatic carbocycles. The molecule has 4 rings (SSSR count). The number of anilines is 2. The number of hydrogen-bond acceptors (Lipinski definition) is 13. The molecule has 0 unspecified atom stereocenters. The van der Waals surface area contributed by atoms with Crippen molar-refractivity contribution >= 4 is 28.2 Å². The molecule has 36 heavy (non-hydrogen) atoms. The summed E-state index contributed by atoms with van der Waals surface area (Å²) in [6.07, 6.45) is 1.50. The Hall–Kier alpha value is -4.50. The van der Waals surface area contributed by atoms with Gasteiger partial charge in [-0.15, -0.1) is 10.2 Å². The monoisotopic (exact) mass is 515 g/mol. The summed E-state index contributed by atoms with van der Waals surface area (Å²) in [5, 5.41) is 14.9. The van der Waals surface area contributed by atoms with Crippen LogP contribution in [0.1, 0.15) is 10.6 Å². The van der Waals surface area contributed by atoms with Gasteiger partial charge in [-0.1, -0.05) is 11.3 Å². The van der Waals surface area contributed by atoms with Crippen molar-refractivity contribution < 1.29 is 28.2 Å². The van der Waals surface area contributed by atoms with Crippen molar-refractivity contribution in [2.45, 2.75) is 0 Å². The van der Waals surface area contributed by atoms with Gasteiger partial charge in [0.15, 0.2) is 5.76 Å². The van der Waals surface area contributed by atoms with Crippen LogP contribution in [-0.4, -0.2) is 65.4 Å². The van der Waals surface area contributed by atoms with Crippen LogP contribution in [-0.2, 0) is 4.74 Å². The van der Waals surface area contributed by atoms with Crippen molar-refractivity contribution in [2.75, 3.05) is 45.6 Å². The van der Waals surface area contributed by atoms with Crippen molar-refractivity contribution in [3.05, 3.63) is 46.6 Å². The fourth-order valence-electron chi connectivity index (χ4n) is 3.02. The van der Waals surface area contributed by atoms with E-state index in [-0.39, 0.29) is 47.0 Å². The van der Waals surface area contributed by atoms with Crippen LogP contribution >= 0.6 is 11.3 Å². The summed E-state index contributed by atoms with van der Waals surface area (Å²) >= 11 is 1.02. The lowest BCUT2D eigenvalue weighted by atomic mass is 10.1. The van der Waals surface area contributed by atoms with Gasteiger partial charge in [0, 0.05) is 25.3 Å². The molecule has 0 saturated carbocycles. The predicted molar refractivity (Wildman–Crippen MR) is 128 cm³/mol. The molecule has 0 spiro atoms. The minimum Gasteiger partial charge on any atom is -0.494 e. The lowest BCUT2D eigenvalue weighted by molar-refractivity contribution is 0.0990. The Balaban J connectivity index is 1.71. The lowest BCUT2D eigenvalue weighted by Gasteiger charge is -2.14. The number of carbonyl (C=O) groups is 1. The Bertz CT molecular complexity index is 1430. The first-order valence-electron chi connectivity index (χ1n) is 10.3. The normalized spacial score (nSPS) is 10.8. The average molecular weight is 516 g/mol. The third-order valence-electron chi connectivity index (χ3n) is 4.67. The molecule has 0 saturated heterocycles. The molecule has 0 atom stereocenters. The molecule has 3 N–H and O–H groups in total. The van der Waals surface area contributed by atoms with E-state index in [0.717, 1.165) is 11.3 Å². The summed E-state index contributed by atoms with van der Waals surface area (Å²) in [5.41, 5.74) is 5.29. The molecular formula is C21H21N7O7S. The quantitative estimate of drug-likeness (QED) is 0.292. The average Bonchev–Trinajstić information content (AvgIpc) is 3.52. The minimum absolute atomic E-state index is 0.0518. The zero-order valence-corrected chi connectivity index (χ0v) is 20.2. The first-order chi connectivity index (χ1) is 17.4. The van der Waals surface area contributed by atoms with E-state index in [4.69, 9.17) is 29.1 Å². The molecule has 0 radical (unpaired) electrons. The fraction of sp³-hybridized carbons (Fsp3) is 0.238. The third kappa shape index (κ3) is 5.11. The van der Waals surface area contributed by atoms with E-state index in [2.05, 4.69) is 25.6 Å². The molecule has 4 aromatic heterocycles. The highest BCUT2D eigenvalue weighted by atomic mass is 32.1. The highest BCUT2D eigenvalue weighted by Crippen LogP contribution is 2.35. The SMILES string of the molecule is COCCOc1c(-c2nc(OC)ccc2OC)cc(C(=O)Nc2nnc(-n3nccc3N)s2)oc1=O. The van der Waals surface area contributed by atoms with E-state index in [9.17, 15) is 9.59 Å². The fourth-order valence-corrected chi connectivity index (χ4v) is 3.74. The van der Waals surface area contributed by atoms with Gasteiger partial charge in [-0.3, -0.25) is 10.1 Å². The van der Waals surface area contributed by atoms with E-state index in [1.54, 1.807) is 18.2 Å². The second-order valence-electron chi connectivity index (χ2n) is 6.90. The van der Waals surface area contributed by atoms with Crippen LogP contribution in [0.5, 0.6) is 17.4 Å². The minimum atomic E-state index is -0.900. The van der Waals surface area contributed by atoms with Gasteiger partial charge in [0.2, 0.25) is 21.9 Å². The molecule has 0 aliphatic rings. The zero-order chi connectivity index (χ0) is 25.7. The number of hydrogen-bond donors (Lipinski definition) is 2. The molecule has 4 aromatic rings. The van der Waals surface area contributed by atoms with Crippen molar-refractivity contribution in [3.8, 4) is 33.8 Å². The molecule has 15 heteroatoms. The number of carbonyl (C=O) groups excluding carboxylic acids is 1. The summed E-state index contributed by atoms with van der Waals surface area (Å²) in [6, 6.07) is 6.11. The van der Waals surface area contributed by atoms with Gasteiger partial charge in [0.1, 0.15) is 23.9 Å². The van der Waals surface area contributed by atoms with E-state index in [1.807, 2.05) is 0 Å². The van der Waals surface area contributed by atoms with E-state index >= 15 is 0 Å². The van der Waals surface area contributed by atoms with Crippen LogP contribution in [0, 0.1) is 0 Å². The van der Waals surface area contributed by atoms with Crippen LogP contribution < -0.4 is 30.9 Å². The Kier molecular flexibility index (Phi) is 7.41. The number of amides is 1. The van der Waals surface area contributed by atoms with Crippen molar-refractivity contribution in [1.29, 1.82) is 0 Å². The van der Waals surface area contributed by atoms with Gasteiger partial charge in [-0.25, -0.2) is 9.78 Å². The molecule has 0 fully saturated rings. The number of methoxy groups -OCH3 is 3. The smallest absolute Gasteiger partial charge is 0.379 e. The zero-order valence-electron chi connectivity index (χ0n) is 19.4. The van der Waals surface area contributed by atoms with Gasteiger partial charge in [0.05, 0.1) is 32.6 Å². The van der Waals surface area contributed by atoms with Crippen LogP contribution in [0.4, 0.5) is 10.9 Å². The van der Waals surface area contributed by atoms with Crippen molar-refractivity contribution in [1.82, 2.24) is 25.0 Å². The third-order valence-corrected chi connectivity index (χ3v) is 5.48. The van der Waals surface area contributed by atoms with Gasteiger partial charge in [-0.05, 0) is 6.07 Å². The predicted octanol–water partition coefficient (Wildman–Crippen LogP) is 1.62. The summed E-state index contributed by atoms with van der Waals surface area (Å²) in [4.78, 5) is 30.2. The topological polar surface area (TPSA) is 179 Å². The van der Waals surface area contributed by atoms with Gasteiger partial charge < -0.3 is 29.1 Å². The maximum atomic E-state index is 13.0. The Morgan fingerprint density at radius 3 is 2.69 bits per heavy atom. The largest absolute Gasteiger partial charge is 0.494 e. The maximum absolute atomic E-state index is 13.0. The first-order valence-corrected chi connectivity index (χ1v) is 11.1. The number of pyridine rings is 1. The number of ether oxygens (including phenoxy) is 4. The van der Waals surface area contributed by atoms with Crippen molar-refractivity contribution in [2.24, 2.45) is 0 Å². The highest BCUT2D eigenvalue weighted by Gasteiger charge is 2.24. The molecule has 0 bridgehead atoms. The van der Waals surface area contributed by atoms with E-state index in [0.29, 0.717) is 16.7 Å². The molecule has 4 heterocycles. The summed E-state index contributed by atoms with van der Waals surface area (Å²) in [6.45, 7) is 0.264. The molecule has 188 valence electrons. The second kappa shape index (κ2) is 10.8. The summed E-state index contributed by atoms with van der Waals surface area (Å²) in [5.74, 6) is -0.327. The Morgan fingerprint density at radius 1 is 1.17 bits per heavy atom. The molecule has 0 aliphatic heterocycles. The number of aromatic nitrogens is 5. The number of nitrogens with one attached hydrogen (secondary N) is 1. The van der Waals surface area contributed by atoms with Gasteiger partial charge >= 0.3 is 5.63 Å². The number of nitrogens with zero attached hydrogens (tertiary/aromatic N) is 5. The van der Waals surface area contributed by atoms with Gasteiger partial charge in [-0.2, -0.15) is 9.78 Å². The van der Waals surface area contributed by atoms with E-state index < -0.39 is 11.5 Å². The van der Waals surface area contributed by atoms with Crippen LogP contribution in [0.25, 0.3) is 16.4 Å². The van der Waals surface area contributed by atoms with Crippen LogP contribution in [0.3, 0.4) is 0 Å². The Morgan fingerprint density at radius 2 is 2.00 bits per heavy atom. The molecule has 14 nitrogen and oxygen atoms in total. The van der Waals surface area contributed by atoms with E-state index in [1.165, 1.54) is 38.3 Å². The highest BCUT2D eigenvalue weighted by molar-refractivity contribution is 7.17. The standard InChI is InChI=1S/C21H21N7O7S/c1-31-8-9-34-17-11(16-12(32-2)4-5-15(24-16)33-3)10-13(35-19(17)30)18(29)25-20-26-27-21(36-20)28-14(22)6-7-23-28/h4-7,10H,8-9,22H2,1-3H3,(H,25,26,29). The van der Waals surface area contributed by atoms with Crippen LogP contribution in [0.15, 0.2) is 39.7 Å². The first kappa shape index (κ1) is 24.6. The number of nitrogens with two attached hydrogens (primary N) is 1. The molecule has 1 amide bonds. The number of nitrogen functional groups attached to an aromatic ring is 1. The number of rotatable bonds is 10. The second-order valence-corrected chi connectivity index (χ2v) is 7.85. The maximum Gasteiger partial charge on any atom is 0.379 e. The molecule has 0 aromatic carbocycles. The van der Waals surface area contributed by atoms with Crippen molar-refractivity contribution in [3.63, 3.8) is 0 Å². The van der Waals surface area contributed by atoms with Gasteiger partial charge in [0.25, 0.3) is 5.91 Å². The lowest BCUT2D eigenvalue weighted by Crippen LogP contribution is -2.18. The summed E-state index contributed by atoms with van der Waals surface area (Å²) < 4.78 is 27.8. The Labute approximate surface area is 207 Å². The summed E-state index contributed by atoms with van der Waals surface area (Å²) in [7, 11) is 4.38.